The van der Waals surface area contributed by atoms with Gasteiger partial charge in [-0.2, -0.15) is 0 Å². The molecule has 1 aliphatic heterocycles. The standard InChI is InChI=1S/C17H17F2N3O2S/c1-17(13-10-12(18)8-9-14(13)19)15(11-6-4-3-5-7-11)25(23,24)22(2)16(20)21-17/h3-10,15H,1-2H3,(H2,20,21)/t15?,17-/m1/s1. The van der Waals surface area contributed by atoms with Crippen molar-refractivity contribution in [2.24, 2.45) is 0 Å². The largest absolute Gasteiger partial charge is 0.345 e. The average molecular weight is 365 g/mol. The maximum absolute atomic E-state index is 14.5. The molecular weight excluding hydrogens is 348 g/mol. The van der Waals surface area contributed by atoms with Crippen LogP contribution in [0.2, 0.25) is 0 Å². The fraction of sp³-hybridized carbons (Fsp3) is 0.235. The van der Waals surface area contributed by atoms with E-state index in [2.05, 4.69) is 5.32 Å². The summed E-state index contributed by atoms with van der Waals surface area (Å²) in [7, 11) is -2.78. The quantitative estimate of drug-likeness (QED) is 0.859. The molecule has 0 amide bonds. The summed E-state index contributed by atoms with van der Waals surface area (Å²) in [6.07, 6.45) is 0. The van der Waals surface area contributed by atoms with E-state index in [0.717, 1.165) is 22.5 Å². The van der Waals surface area contributed by atoms with Crippen molar-refractivity contribution in [3.63, 3.8) is 0 Å². The number of guanidine groups is 1. The smallest absolute Gasteiger partial charge is 0.246 e. The second-order valence-electron chi connectivity index (χ2n) is 6.10. The first kappa shape index (κ1) is 17.3. The number of nitrogens with one attached hydrogen (secondary N) is 2. The molecular formula is C17H17F2N3O2S. The van der Waals surface area contributed by atoms with Gasteiger partial charge < -0.3 is 5.32 Å². The van der Waals surface area contributed by atoms with Gasteiger partial charge in [0.2, 0.25) is 16.0 Å². The Hall–Kier alpha value is -2.48. The van der Waals surface area contributed by atoms with Crippen LogP contribution in [0.5, 0.6) is 0 Å². The first-order valence-corrected chi connectivity index (χ1v) is 9.03. The van der Waals surface area contributed by atoms with Crippen molar-refractivity contribution in [2.45, 2.75) is 17.7 Å². The van der Waals surface area contributed by atoms with Gasteiger partial charge in [0.15, 0.2) is 0 Å². The maximum atomic E-state index is 14.5. The number of nitrogens with zero attached hydrogens (tertiary/aromatic N) is 1. The Morgan fingerprint density at radius 3 is 2.44 bits per heavy atom. The Labute approximate surface area is 144 Å². The molecule has 132 valence electrons. The zero-order valence-electron chi connectivity index (χ0n) is 13.6. The van der Waals surface area contributed by atoms with Crippen LogP contribution in [-0.2, 0) is 15.6 Å². The average Bonchev–Trinajstić information content (AvgIpc) is 2.56. The molecule has 0 saturated carbocycles. The SMILES string of the molecule is CN1C(=N)N[C@](C)(c2cc(F)ccc2F)C(c2ccccc2)S1(=O)=O. The molecule has 0 spiro atoms. The van der Waals surface area contributed by atoms with Gasteiger partial charge in [0.1, 0.15) is 16.9 Å². The van der Waals surface area contributed by atoms with Crippen molar-refractivity contribution in [1.29, 1.82) is 5.41 Å². The highest BCUT2D eigenvalue weighted by atomic mass is 32.2. The number of hydrogen-bond acceptors (Lipinski definition) is 3. The number of halogens is 2. The van der Waals surface area contributed by atoms with Crippen LogP contribution in [0.15, 0.2) is 48.5 Å². The Morgan fingerprint density at radius 2 is 1.80 bits per heavy atom. The molecule has 2 atom stereocenters. The zero-order chi connectivity index (χ0) is 18.4. The number of benzene rings is 2. The van der Waals surface area contributed by atoms with E-state index in [1.165, 1.54) is 14.0 Å². The van der Waals surface area contributed by atoms with Crippen LogP contribution >= 0.6 is 0 Å². The maximum Gasteiger partial charge on any atom is 0.246 e. The lowest BCUT2D eigenvalue weighted by molar-refractivity contribution is 0.343. The van der Waals surface area contributed by atoms with Crippen LogP contribution in [0.1, 0.15) is 23.3 Å². The Morgan fingerprint density at radius 1 is 1.16 bits per heavy atom. The highest BCUT2D eigenvalue weighted by Crippen LogP contribution is 2.45. The zero-order valence-corrected chi connectivity index (χ0v) is 14.4. The van der Waals surface area contributed by atoms with Crippen molar-refractivity contribution < 1.29 is 17.2 Å². The molecule has 2 aromatic carbocycles. The predicted octanol–water partition coefficient (Wildman–Crippen LogP) is 2.72. The van der Waals surface area contributed by atoms with E-state index in [1.54, 1.807) is 30.3 Å². The third-order valence-corrected chi connectivity index (χ3v) is 6.77. The van der Waals surface area contributed by atoms with Crippen LogP contribution in [0, 0.1) is 17.0 Å². The van der Waals surface area contributed by atoms with Crippen molar-refractivity contribution in [3.8, 4) is 0 Å². The van der Waals surface area contributed by atoms with E-state index < -0.39 is 38.4 Å². The minimum absolute atomic E-state index is 0.150. The lowest BCUT2D eigenvalue weighted by atomic mass is 9.84. The summed E-state index contributed by atoms with van der Waals surface area (Å²) in [6, 6.07) is 11.2. The van der Waals surface area contributed by atoms with Gasteiger partial charge in [-0.3, -0.25) is 5.41 Å². The minimum Gasteiger partial charge on any atom is -0.345 e. The van der Waals surface area contributed by atoms with Gasteiger partial charge in [0.25, 0.3) is 0 Å². The van der Waals surface area contributed by atoms with Crippen molar-refractivity contribution >= 4 is 16.0 Å². The Kier molecular flexibility index (Phi) is 4.03. The van der Waals surface area contributed by atoms with E-state index in [4.69, 9.17) is 5.41 Å². The fourth-order valence-corrected chi connectivity index (χ4v) is 5.11. The summed E-state index contributed by atoms with van der Waals surface area (Å²) in [5.74, 6) is -1.84. The van der Waals surface area contributed by atoms with Gasteiger partial charge in [-0.05, 0) is 30.7 Å². The van der Waals surface area contributed by atoms with E-state index in [-0.39, 0.29) is 5.56 Å². The van der Waals surface area contributed by atoms with Crippen LogP contribution in [0.3, 0.4) is 0 Å². The topological polar surface area (TPSA) is 73.3 Å². The number of sulfonamides is 1. The highest BCUT2D eigenvalue weighted by Gasteiger charge is 2.53. The molecule has 2 N–H and O–H groups in total. The fourth-order valence-electron chi connectivity index (χ4n) is 3.21. The third-order valence-electron chi connectivity index (χ3n) is 4.49. The third kappa shape index (κ3) is 2.66. The molecule has 0 bridgehead atoms. The van der Waals surface area contributed by atoms with E-state index in [0.29, 0.717) is 5.56 Å². The first-order valence-electron chi connectivity index (χ1n) is 7.53. The van der Waals surface area contributed by atoms with Crippen molar-refractivity contribution in [2.75, 3.05) is 7.05 Å². The summed E-state index contributed by atoms with van der Waals surface area (Å²) in [5, 5.41) is 9.47. The van der Waals surface area contributed by atoms with E-state index >= 15 is 0 Å². The monoisotopic (exact) mass is 365 g/mol. The van der Waals surface area contributed by atoms with Crippen LogP contribution in [0.4, 0.5) is 8.78 Å². The van der Waals surface area contributed by atoms with Gasteiger partial charge in [-0.25, -0.2) is 21.5 Å². The summed E-state index contributed by atoms with van der Waals surface area (Å²) >= 11 is 0. The van der Waals surface area contributed by atoms with Crippen molar-refractivity contribution in [1.82, 2.24) is 9.62 Å². The van der Waals surface area contributed by atoms with Crippen LogP contribution in [-0.4, -0.2) is 25.7 Å². The molecule has 5 nitrogen and oxygen atoms in total. The second-order valence-corrected chi connectivity index (χ2v) is 8.15. The van der Waals surface area contributed by atoms with Crippen molar-refractivity contribution in [3.05, 3.63) is 71.3 Å². The van der Waals surface area contributed by atoms with Crippen LogP contribution in [0.25, 0.3) is 0 Å². The van der Waals surface area contributed by atoms with E-state index in [1.807, 2.05) is 0 Å². The minimum atomic E-state index is -4.03. The van der Waals surface area contributed by atoms with Gasteiger partial charge in [0, 0.05) is 12.6 Å². The Balaban J connectivity index is 2.31. The van der Waals surface area contributed by atoms with Gasteiger partial charge in [0.05, 0.1) is 5.54 Å². The molecule has 1 aliphatic rings. The Bertz CT molecular complexity index is 934. The van der Waals surface area contributed by atoms with Gasteiger partial charge >= 0.3 is 0 Å². The molecule has 25 heavy (non-hydrogen) atoms. The summed E-state index contributed by atoms with van der Waals surface area (Å²) in [4.78, 5) is 0. The molecule has 2 aromatic rings. The number of hydrogen-bond donors (Lipinski definition) is 2. The van der Waals surface area contributed by atoms with Gasteiger partial charge in [-0.15, -0.1) is 0 Å². The molecule has 3 rings (SSSR count). The molecule has 0 aromatic heterocycles. The molecule has 0 radical (unpaired) electrons. The molecule has 1 saturated heterocycles. The summed E-state index contributed by atoms with van der Waals surface area (Å²) < 4.78 is 55.1. The highest BCUT2D eigenvalue weighted by molar-refractivity contribution is 7.90. The predicted molar refractivity (Wildman–Crippen MR) is 90.4 cm³/mol. The lowest BCUT2D eigenvalue weighted by Crippen LogP contribution is -2.62. The molecule has 8 heteroatoms. The molecule has 1 fully saturated rings. The molecule has 1 unspecified atom stereocenters. The molecule has 1 heterocycles. The van der Waals surface area contributed by atoms with Gasteiger partial charge in [-0.1, -0.05) is 30.3 Å². The normalized spacial score (nSPS) is 25.5. The number of rotatable bonds is 2. The molecule has 0 aliphatic carbocycles. The van der Waals surface area contributed by atoms with Crippen LogP contribution < -0.4 is 5.32 Å². The summed E-state index contributed by atoms with van der Waals surface area (Å²) in [6.45, 7) is 1.46. The second kappa shape index (κ2) is 5.80. The lowest BCUT2D eigenvalue weighted by Gasteiger charge is -2.46. The summed E-state index contributed by atoms with van der Waals surface area (Å²) in [5.41, 5.74) is -1.29. The first-order chi connectivity index (χ1) is 11.7. The van der Waals surface area contributed by atoms with E-state index in [9.17, 15) is 17.2 Å².